The highest BCUT2D eigenvalue weighted by molar-refractivity contribution is 7.16. The molecule has 3 aliphatic rings. The van der Waals surface area contributed by atoms with Gasteiger partial charge in [0, 0.05) is 42.4 Å². The number of methoxy groups -OCH3 is 1. The molecule has 4 heterocycles. The van der Waals surface area contributed by atoms with Gasteiger partial charge in [0.2, 0.25) is 11.9 Å². The maximum Gasteiger partial charge on any atom is 0.322 e. The van der Waals surface area contributed by atoms with Gasteiger partial charge in [-0.3, -0.25) is 0 Å². The Morgan fingerprint density at radius 1 is 1.09 bits per heavy atom. The molecule has 2 N–H and O–H groups in total. The van der Waals surface area contributed by atoms with Crippen LogP contribution in [-0.4, -0.2) is 48.2 Å². The molecule has 2 aromatic heterocycles. The fraction of sp³-hybridized carbons (Fsp3) is 0.591. The molecule has 2 aliphatic heterocycles. The van der Waals surface area contributed by atoms with Crippen molar-refractivity contribution < 1.29 is 4.74 Å². The lowest BCUT2D eigenvalue weighted by molar-refractivity contribution is 0.377. The molecule has 0 amide bonds. The van der Waals surface area contributed by atoms with Gasteiger partial charge in [0.15, 0.2) is 0 Å². The Hall–Kier alpha value is -3.11. The third-order valence-electron chi connectivity index (χ3n) is 7.09. The van der Waals surface area contributed by atoms with Gasteiger partial charge in [0.05, 0.1) is 18.7 Å². The lowest BCUT2D eigenvalue weighted by atomic mass is 9.80. The molecule has 2 fully saturated rings. The molecule has 0 aromatic carbocycles. The monoisotopic (exact) mass is 450 g/mol. The third-order valence-corrected chi connectivity index (χ3v) is 8.16. The van der Waals surface area contributed by atoms with Gasteiger partial charge >= 0.3 is 6.01 Å². The SMILES string of the molecule is COc1nc(N2CCCC(C#N)CC2)nc(N2CCC3(CCc4sc(N)c(C#N)c43)C2)n1. The van der Waals surface area contributed by atoms with E-state index in [-0.39, 0.29) is 11.3 Å². The number of nitriles is 2. The zero-order valence-corrected chi connectivity index (χ0v) is 19.0. The lowest BCUT2D eigenvalue weighted by Gasteiger charge is -2.26. The molecule has 1 aliphatic carbocycles. The van der Waals surface area contributed by atoms with Crippen molar-refractivity contribution in [3.8, 4) is 18.1 Å². The number of ether oxygens (including phenoxy) is 1. The lowest BCUT2D eigenvalue weighted by Crippen LogP contribution is -2.32. The van der Waals surface area contributed by atoms with Crippen molar-refractivity contribution in [3.63, 3.8) is 0 Å². The second-order valence-corrected chi connectivity index (χ2v) is 10.0. The maximum atomic E-state index is 9.69. The molecule has 0 bridgehead atoms. The highest BCUT2D eigenvalue weighted by atomic mass is 32.1. The summed E-state index contributed by atoms with van der Waals surface area (Å²) in [4.78, 5) is 19.5. The number of hydrogen-bond acceptors (Lipinski definition) is 10. The first kappa shape index (κ1) is 20.8. The van der Waals surface area contributed by atoms with Crippen molar-refractivity contribution in [3.05, 3.63) is 16.0 Å². The maximum absolute atomic E-state index is 9.69. The number of thiophene rings is 1. The summed E-state index contributed by atoms with van der Waals surface area (Å²) in [6.45, 7) is 3.13. The molecule has 9 nitrogen and oxygen atoms in total. The minimum absolute atomic E-state index is 0.0723. The standard InChI is InChI=1S/C22H26N8OS/c1-31-21-27-19(29-8-2-3-14(11-23)5-9-29)26-20(28-21)30-10-7-22(13-30)6-4-16-17(22)15(12-24)18(25)32-16/h14H,2-10,13,25H2,1H3. The van der Waals surface area contributed by atoms with E-state index in [2.05, 4.69) is 31.9 Å². The second kappa shape index (κ2) is 8.10. The predicted molar refractivity (Wildman–Crippen MR) is 122 cm³/mol. The minimum Gasteiger partial charge on any atom is -0.467 e. The van der Waals surface area contributed by atoms with Crippen LogP contribution in [0, 0.1) is 28.6 Å². The Morgan fingerprint density at radius 2 is 1.91 bits per heavy atom. The van der Waals surface area contributed by atoms with E-state index in [9.17, 15) is 10.5 Å². The van der Waals surface area contributed by atoms with E-state index in [1.165, 1.54) is 4.88 Å². The van der Waals surface area contributed by atoms with Crippen molar-refractivity contribution >= 4 is 28.2 Å². The van der Waals surface area contributed by atoms with Gasteiger partial charge in [-0.05, 0) is 44.1 Å². The van der Waals surface area contributed by atoms with Gasteiger partial charge in [0.25, 0.3) is 0 Å². The molecule has 32 heavy (non-hydrogen) atoms. The van der Waals surface area contributed by atoms with Crippen LogP contribution in [0.3, 0.4) is 0 Å². The summed E-state index contributed by atoms with van der Waals surface area (Å²) in [6, 6.07) is 5.04. The van der Waals surface area contributed by atoms with Gasteiger partial charge < -0.3 is 20.3 Å². The number of anilines is 3. The summed E-state index contributed by atoms with van der Waals surface area (Å²) in [6.07, 6.45) is 5.60. The molecule has 1 spiro atoms. The van der Waals surface area contributed by atoms with Crippen LogP contribution in [0.5, 0.6) is 6.01 Å². The van der Waals surface area contributed by atoms with Gasteiger partial charge in [-0.25, -0.2) is 0 Å². The molecule has 166 valence electrons. The van der Waals surface area contributed by atoms with E-state index >= 15 is 0 Å². The Balaban J connectivity index is 1.43. The molecule has 0 saturated carbocycles. The first-order chi connectivity index (χ1) is 15.6. The average Bonchev–Trinajstić information content (AvgIpc) is 3.42. The fourth-order valence-electron chi connectivity index (χ4n) is 5.41. The smallest absolute Gasteiger partial charge is 0.322 e. The quantitative estimate of drug-likeness (QED) is 0.750. The molecule has 0 radical (unpaired) electrons. The van der Waals surface area contributed by atoms with Crippen LogP contribution < -0.4 is 20.3 Å². The zero-order chi connectivity index (χ0) is 22.3. The van der Waals surface area contributed by atoms with Crippen molar-refractivity contribution in [1.29, 1.82) is 10.5 Å². The minimum atomic E-state index is -0.0723. The number of nitrogen functional groups attached to an aromatic ring is 1. The van der Waals surface area contributed by atoms with Gasteiger partial charge in [-0.15, -0.1) is 11.3 Å². The Kier molecular flexibility index (Phi) is 5.26. The van der Waals surface area contributed by atoms with E-state index in [1.54, 1.807) is 18.4 Å². The van der Waals surface area contributed by atoms with E-state index in [1.807, 2.05) is 0 Å². The van der Waals surface area contributed by atoms with Crippen LogP contribution in [0.2, 0.25) is 0 Å². The molecule has 5 rings (SSSR count). The molecule has 2 saturated heterocycles. The van der Waals surface area contributed by atoms with Crippen LogP contribution in [0.15, 0.2) is 0 Å². The normalized spacial score (nSPS) is 24.8. The number of hydrogen-bond donors (Lipinski definition) is 1. The van der Waals surface area contributed by atoms with Crippen molar-refractivity contribution in [2.45, 2.75) is 43.9 Å². The number of nitrogens with two attached hydrogens (primary N) is 1. The zero-order valence-electron chi connectivity index (χ0n) is 18.2. The summed E-state index contributed by atoms with van der Waals surface area (Å²) < 4.78 is 5.41. The first-order valence-electron chi connectivity index (χ1n) is 11.1. The van der Waals surface area contributed by atoms with Crippen molar-refractivity contribution in [1.82, 2.24) is 15.0 Å². The summed E-state index contributed by atoms with van der Waals surface area (Å²) in [5.41, 5.74) is 7.88. The molecule has 2 atom stereocenters. The highest BCUT2D eigenvalue weighted by Gasteiger charge is 2.48. The second-order valence-electron chi connectivity index (χ2n) is 8.87. The highest BCUT2D eigenvalue weighted by Crippen LogP contribution is 2.51. The number of nitrogens with zero attached hydrogens (tertiary/aromatic N) is 7. The van der Waals surface area contributed by atoms with E-state index in [4.69, 9.17) is 15.5 Å². The Morgan fingerprint density at radius 3 is 2.66 bits per heavy atom. The number of fused-ring (bicyclic) bond motifs is 2. The number of aromatic nitrogens is 3. The van der Waals surface area contributed by atoms with Crippen molar-refractivity contribution in [2.75, 3.05) is 48.8 Å². The third kappa shape index (κ3) is 3.39. The van der Waals surface area contributed by atoms with Gasteiger partial charge in [-0.1, -0.05) is 0 Å². The Labute approximate surface area is 191 Å². The van der Waals surface area contributed by atoms with Gasteiger partial charge in [0.1, 0.15) is 11.1 Å². The first-order valence-corrected chi connectivity index (χ1v) is 11.9. The van der Waals surface area contributed by atoms with Crippen LogP contribution in [-0.2, 0) is 11.8 Å². The van der Waals surface area contributed by atoms with Gasteiger partial charge in [-0.2, -0.15) is 25.5 Å². The Bertz CT molecular complexity index is 1120. The molecule has 10 heteroatoms. The van der Waals surface area contributed by atoms with E-state index in [0.717, 1.165) is 70.3 Å². The number of aryl methyl sites for hydroxylation is 1. The number of rotatable bonds is 3. The summed E-state index contributed by atoms with van der Waals surface area (Å²) in [5.74, 6) is 1.31. The van der Waals surface area contributed by atoms with Crippen molar-refractivity contribution in [2.24, 2.45) is 5.92 Å². The predicted octanol–water partition coefficient (Wildman–Crippen LogP) is 2.62. The fourth-order valence-corrected chi connectivity index (χ4v) is 6.55. The molecule has 2 unspecified atom stereocenters. The average molecular weight is 451 g/mol. The molecular weight excluding hydrogens is 424 g/mol. The van der Waals surface area contributed by atoms with Crippen LogP contribution >= 0.6 is 11.3 Å². The topological polar surface area (TPSA) is 128 Å². The molecular formula is C22H26N8OS. The van der Waals surface area contributed by atoms with E-state index < -0.39 is 0 Å². The van der Waals surface area contributed by atoms with Crippen LogP contribution in [0.1, 0.15) is 48.1 Å². The summed E-state index contributed by atoms with van der Waals surface area (Å²) in [7, 11) is 1.57. The van der Waals surface area contributed by atoms with Crippen LogP contribution in [0.4, 0.5) is 16.9 Å². The molecule has 2 aromatic rings. The summed E-state index contributed by atoms with van der Waals surface area (Å²) >= 11 is 1.56. The van der Waals surface area contributed by atoms with Crippen LogP contribution in [0.25, 0.3) is 0 Å². The largest absolute Gasteiger partial charge is 0.467 e. The van der Waals surface area contributed by atoms with E-state index in [0.29, 0.717) is 28.5 Å². The summed E-state index contributed by atoms with van der Waals surface area (Å²) in [5, 5.41) is 19.6.